The second-order valence-electron chi connectivity index (χ2n) is 34.0. The van der Waals surface area contributed by atoms with Crippen molar-refractivity contribution in [2.24, 2.45) is 0 Å². The number of nitrogens with zero attached hydrogens (tertiary/aromatic N) is 6. The van der Waals surface area contributed by atoms with E-state index in [0.717, 1.165) is 132 Å². The highest BCUT2D eigenvalue weighted by atomic mass is 35.5. The van der Waals surface area contributed by atoms with Gasteiger partial charge in [0.2, 0.25) is 29.5 Å². The van der Waals surface area contributed by atoms with Gasteiger partial charge in [-0.3, -0.25) is 38.4 Å². The van der Waals surface area contributed by atoms with E-state index < -0.39 is 12.1 Å². The molecular formula is C99H124Cl4N12O8. The first-order valence-corrected chi connectivity index (χ1v) is 46.5. The molecule has 24 heteroatoms. The quantitative estimate of drug-likeness (QED) is 0.0257. The Balaban J connectivity index is 0.000000169. The summed E-state index contributed by atoms with van der Waals surface area (Å²) in [5.74, 6) is 0.760. The summed E-state index contributed by atoms with van der Waals surface area (Å²) >= 11 is 24.3. The summed E-state index contributed by atoms with van der Waals surface area (Å²) < 4.78 is 0. The maximum Gasteiger partial charge on any atom is 0.251 e. The maximum atomic E-state index is 13.9. The lowest BCUT2D eigenvalue weighted by atomic mass is 9.95. The summed E-state index contributed by atoms with van der Waals surface area (Å²) in [4.78, 5) is 119. The van der Waals surface area contributed by atoms with Crippen molar-refractivity contribution in [2.45, 2.75) is 197 Å². The molecule has 0 spiro atoms. The zero-order valence-corrected chi connectivity index (χ0v) is 74.8. The van der Waals surface area contributed by atoms with E-state index in [9.17, 15) is 38.4 Å². The topological polar surface area (TPSA) is 228 Å². The van der Waals surface area contributed by atoms with E-state index >= 15 is 0 Å². The van der Waals surface area contributed by atoms with Gasteiger partial charge in [-0.15, -0.1) is 0 Å². The Morgan fingerprint density at radius 3 is 1.06 bits per heavy atom. The largest absolute Gasteiger partial charge is 0.350 e. The van der Waals surface area contributed by atoms with Gasteiger partial charge in [-0.25, -0.2) is 0 Å². The molecule has 0 radical (unpaired) electrons. The molecule has 6 aliphatic rings. The molecule has 6 aliphatic heterocycles. The Morgan fingerprint density at radius 2 is 0.691 bits per heavy atom. The van der Waals surface area contributed by atoms with E-state index in [4.69, 9.17) is 46.4 Å². The van der Waals surface area contributed by atoms with Gasteiger partial charge in [-0.05, 0) is 221 Å². The van der Waals surface area contributed by atoms with Crippen molar-refractivity contribution in [3.63, 3.8) is 0 Å². The third kappa shape index (κ3) is 27.3. The maximum absolute atomic E-state index is 13.9. The Morgan fingerprint density at radius 1 is 0.366 bits per heavy atom. The predicted molar refractivity (Wildman–Crippen MR) is 495 cm³/mol. The Bertz CT molecular complexity index is 4800. The van der Waals surface area contributed by atoms with Crippen molar-refractivity contribution in [1.82, 2.24) is 61.3 Å². The van der Waals surface area contributed by atoms with Gasteiger partial charge in [0.25, 0.3) is 17.7 Å². The van der Waals surface area contributed by atoms with Crippen LogP contribution in [-0.4, -0.2) is 218 Å². The number of hydrogen-bond donors (Lipinski definition) is 6. The first-order chi connectivity index (χ1) is 59.8. The van der Waals surface area contributed by atoms with Crippen molar-refractivity contribution in [1.29, 1.82) is 0 Å². The van der Waals surface area contributed by atoms with Crippen LogP contribution >= 0.6 is 46.4 Å². The number of benzene rings is 8. The average molecular weight is 1750 g/mol. The zero-order valence-electron chi connectivity index (χ0n) is 71.7. The van der Waals surface area contributed by atoms with Crippen molar-refractivity contribution in [3.05, 3.63) is 235 Å². The number of halogens is 4. The summed E-state index contributed by atoms with van der Waals surface area (Å²) in [5.41, 5.74) is 5.37. The second kappa shape index (κ2) is 47.4. The van der Waals surface area contributed by atoms with Crippen LogP contribution in [0.4, 0.5) is 0 Å². The standard InChI is InChI=1S/C35H43ClN4O3.C33H41ClN4O2.C31H40Cl2N4O3/c1-2-25(26-9-5-3-6-10-26)24-40-20-17-31(38-32(35(40)43)15-16-33(41)39-18-7-4-8-19-39)23-37-34(42)29-12-11-28-22-30(36)14-13-27(28)21-29;1-2-24(25-9-5-3-6-10-25)22-38-18-15-30(36-31(33(38)40)23-37-16-7-4-8-17-37)21-35-32(39)28-12-11-27-20-29(34)14-13-26(27)19-28;1-2-22(23-9-5-3-6-10-23)21-37-18-15-25(20-34-30(39)24-11-12-26(32)27(33)19-24)35-28(31(37)40)13-14-29(38)36-16-7-4-8-17-36/h3,5-6,9-14,21-22,25,31-32,38H,2,4,7-8,15-20,23-24H2,1H3,(H,37,42);3,5-6,9-14,19-20,24,30-31,36H,2,4,7-8,15-18,21-23H2,1H3,(H,35,39);3,5-6,9-12,19,22,25,28,35H,2,4,7-8,13-18,20-21H2,1H3,(H,34,39)/t25-,31+,32+;24-,30+,31+;22-,25+,28+/m111/s1. The number of rotatable bonds is 29. The molecule has 20 nitrogen and oxygen atoms in total. The minimum Gasteiger partial charge on any atom is -0.350 e. The van der Waals surface area contributed by atoms with E-state index in [1.807, 2.05) is 135 Å². The van der Waals surface area contributed by atoms with Crippen LogP contribution in [0.2, 0.25) is 20.1 Å². The van der Waals surface area contributed by atoms with Gasteiger partial charge in [0.15, 0.2) is 0 Å². The molecule has 123 heavy (non-hydrogen) atoms. The van der Waals surface area contributed by atoms with Crippen LogP contribution in [0.5, 0.6) is 0 Å². The van der Waals surface area contributed by atoms with Crippen LogP contribution in [0.15, 0.2) is 182 Å². The van der Waals surface area contributed by atoms with E-state index in [2.05, 4.69) is 111 Å². The Kier molecular flexibility index (Phi) is 35.9. The third-order valence-electron chi connectivity index (χ3n) is 25.4. The molecule has 656 valence electrons. The lowest BCUT2D eigenvalue weighted by Gasteiger charge is -2.33. The second-order valence-corrected chi connectivity index (χ2v) is 35.7. The molecule has 0 bridgehead atoms. The zero-order chi connectivity index (χ0) is 86.6. The van der Waals surface area contributed by atoms with Gasteiger partial charge in [0, 0.05) is 167 Å². The van der Waals surface area contributed by atoms with Crippen molar-refractivity contribution >= 4 is 115 Å². The van der Waals surface area contributed by atoms with Gasteiger partial charge in [-0.1, -0.05) is 189 Å². The number of likely N-dealkylation sites (tertiary alicyclic amines) is 3. The monoisotopic (exact) mass is 1750 g/mol. The first-order valence-electron chi connectivity index (χ1n) is 45.0. The number of fused-ring (bicyclic) bond motifs is 2. The number of carbonyl (C=O) groups excluding carboxylic acids is 8. The summed E-state index contributed by atoms with van der Waals surface area (Å²) in [6, 6.07) is 57.1. The number of piperidine rings is 3. The van der Waals surface area contributed by atoms with Crippen LogP contribution in [-0.2, 0) is 24.0 Å². The number of carbonyl (C=O) groups is 8. The summed E-state index contributed by atoms with van der Waals surface area (Å²) in [6.45, 7) is 17.6. The molecule has 6 fully saturated rings. The van der Waals surface area contributed by atoms with E-state index in [1.54, 1.807) is 18.2 Å². The lowest BCUT2D eigenvalue weighted by Crippen LogP contribution is -2.54. The van der Waals surface area contributed by atoms with E-state index in [1.165, 1.54) is 42.4 Å². The summed E-state index contributed by atoms with van der Waals surface area (Å²) in [5, 5.41) is 25.9. The Labute approximate surface area is 746 Å². The lowest BCUT2D eigenvalue weighted by molar-refractivity contribution is -0.136. The molecule has 6 heterocycles. The minimum absolute atomic E-state index is 0.0174. The summed E-state index contributed by atoms with van der Waals surface area (Å²) in [6.07, 6.45) is 16.7. The van der Waals surface area contributed by atoms with E-state index in [-0.39, 0.29) is 83.3 Å². The van der Waals surface area contributed by atoms with Crippen LogP contribution in [0.3, 0.4) is 0 Å². The molecule has 0 unspecified atom stereocenters. The molecule has 0 saturated carbocycles. The van der Waals surface area contributed by atoms with Crippen LogP contribution in [0.1, 0.15) is 208 Å². The molecule has 8 aromatic rings. The van der Waals surface area contributed by atoms with Crippen LogP contribution < -0.4 is 31.9 Å². The van der Waals surface area contributed by atoms with Crippen molar-refractivity contribution in [3.8, 4) is 0 Å². The number of nitrogens with one attached hydrogen (secondary N) is 6. The molecule has 0 aliphatic carbocycles. The number of amides is 8. The van der Waals surface area contributed by atoms with Crippen LogP contribution in [0.25, 0.3) is 21.5 Å². The Hall–Kier alpha value is -8.96. The van der Waals surface area contributed by atoms with Gasteiger partial charge >= 0.3 is 0 Å². The van der Waals surface area contributed by atoms with Gasteiger partial charge < -0.3 is 61.3 Å². The molecule has 6 saturated heterocycles. The fourth-order valence-electron chi connectivity index (χ4n) is 18.0. The van der Waals surface area contributed by atoms with Gasteiger partial charge in [0.1, 0.15) is 0 Å². The summed E-state index contributed by atoms with van der Waals surface area (Å²) in [7, 11) is 0. The highest BCUT2D eigenvalue weighted by molar-refractivity contribution is 6.42. The molecular weight excluding hydrogens is 1630 g/mol. The van der Waals surface area contributed by atoms with E-state index in [0.29, 0.717) is 134 Å². The molecule has 8 aromatic carbocycles. The molecule has 0 aromatic heterocycles. The fraction of sp³-hybridized carbons (Fsp3) is 0.475. The van der Waals surface area contributed by atoms with Crippen molar-refractivity contribution < 1.29 is 38.4 Å². The van der Waals surface area contributed by atoms with Gasteiger partial charge in [-0.2, -0.15) is 0 Å². The highest BCUT2D eigenvalue weighted by Crippen LogP contribution is 2.31. The smallest absolute Gasteiger partial charge is 0.251 e. The molecule has 14 rings (SSSR count). The fourth-order valence-corrected chi connectivity index (χ4v) is 18.7. The molecule has 8 amide bonds. The predicted octanol–water partition coefficient (Wildman–Crippen LogP) is 16.5. The molecule has 9 atom stereocenters. The minimum atomic E-state index is -0.489. The SMILES string of the molecule is CC[C@H](CN1CC[C@@H](CNC(=O)c2ccc(Cl)c(Cl)c2)N[C@@H](CCC(=O)N2CCCCC2)C1=O)c1ccccc1.CC[C@H](CN1CC[C@@H](CNC(=O)c2ccc3cc(Cl)ccc3c2)N[C@@H](CCC(=O)N2CCCCC2)C1=O)c1ccccc1.CC[C@H](CN1CC[C@@H](CNC(=O)c2ccc3cc(Cl)ccc3c2)N[C@@H](CN2CCCCC2)C1=O)c1ccccc1. The number of hydrogen-bond acceptors (Lipinski definition) is 12. The normalized spacial score (nSPS) is 20.6. The van der Waals surface area contributed by atoms with Crippen LogP contribution in [0, 0.1) is 0 Å². The molecule has 6 N–H and O–H groups in total. The average Bonchev–Trinajstić information content (AvgIpc) is 1.57. The highest BCUT2D eigenvalue weighted by Gasteiger charge is 2.38. The first kappa shape index (κ1) is 93.2. The van der Waals surface area contributed by atoms with Crippen molar-refractivity contribution in [2.75, 3.05) is 105 Å². The van der Waals surface area contributed by atoms with Gasteiger partial charge in [0.05, 0.1) is 28.2 Å². The third-order valence-corrected chi connectivity index (χ3v) is 26.6.